The highest BCUT2D eigenvalue weighted by atomic mass is 35.5. The number of amides is 2. The van der Waals surface area contributed by atoms with Crippen molar-refractivity contribution in [3.63, 3.8) is 0 Å². The molecule has 0 aliphatic carbocycles. The lowest BCUT2D eigenvalue weighted by Gasteiger charge is -2.29. The Morgan fingerprint density at radius 3 is 2.36 bits per heavy atom. The second kappa shape index (κ2) is 11.8. The summed E-state index contributed by atoms with van der Waals surface area (Å²) in [6.07, 6.45) is -3.23. The van der Waals surface area contributed by atoms with Crippen molar-refractivity contribution >= 4 is 35.0 Å². The Morgan fingerprint density at radius 1 is 1.06 bits per heavy atom. The molecule has 0 saturated carbocycles. The van der Waals surface area contributed by atoms with Crippen molar-refractivity contribution in [3.05, 3.63) is 69.0 Å². The lowest BCUT2D eigenvalue weighted by molar-refractivity contribution is -0.140. The molecule has 0 spiro atoms. The molecule has 0 bridgehead atoms. The molecule has 2 amide bonds. The van der Waals surface area contributed by atoms with Crippen molar-refractivity contribution in [2.75, 3.05) is 20.1 Å². The number of primary amides is 1. The average molecular weight is 548 g/mol. The lowest BCUT2D eigenvalue weighted by Crippen LogP contribution is -2.38. The van der Waals surface area contributed by atoms with E-state index in [4.69, 9.17) is 28.9 Å². The molecule has 3 rings (SSSR count). The van der Waals surface area contributed by atoms with Gasteiger partial charge in [-0.05, 0) is 55.3 Å². The van der Waals surface area contributed by atoms with Crippen LogP contribution in [0.5, 0.6) is 0 Å². The van der Waals surface area contributed by atoms with Gasteiger partial charge < -0.3 is 10.6 Å². The Labute approximate surface area is 217 Å². The summed E-state index contributed by atoms with van der Waals surface area (Å²) in [4.78, 5) is 27.4. The predicted molar refractivity (Wildman–Crippen MR) is 130 cm³/mol. The summed E-state index contributed by atoms with van der Waals surface area (Å²) in [5.74, 6) is -1.96. The van der Waals surface area contributed by atoms with Gasteiger partial charge in [-0.1, -0.05) is 35.3 Å². The number of alkyl halides is 3. The van der Waals surface area contributed by atoms with Crippen LogP contribution in [0.2, 0.25) is 10.0 Å². The first-order valence-corrected chi connectivity index (χ1v) is 12.2. The van der Waals surface area contributed by atoms with Crippen molar-refractivity contribution in [3.8, 4) is 0 Å². The number of likely N-dealkylation sites (tertiary alicyclic amines) is 1. The smallest absolute Gasteiger partial charge is 0.370 e. The fraction of sp³-hybridized carbons (Fsp3) is 0.440. The summed E-state index contributed by atoms with van der Waals surface area (Å²) in [7, 11) is 1.78. The van der Waals surface area contributed by atoms with Crippen LogP contribution in [0.1, 0.15) is 48.3 Å². The molecule has 2 aromatic rings. The number of nitrogens with two attached hydrogens (primary N) is 1. The molecule has 36 heavy (non-hydrogen) atoms. The van der Waals surface area contributed by atoms with Crippen molar-refractivity contribution in [1.29, 1.82) is 0 Å². The Hall–Kier alpha value is -2.36. The van der Waals surface area contributed by atoms with Gasteiger partial charge in [-0.25, -0.2) is 4.39 Å². The van der Waals surface area contributed by atoms with Crippen LogP contribution in [0.25, 0.3) is 0 Å². The van der Waals surface area contributed by atoms with Crippen LogP contribution in [0.15, 0.2) is 36.4 Å². The van der Waals surface area contributed by atoms with E-state index in [9.17, 15) is 27.2 Å². The number of carbonyl (C=O) groups is 2. The first-order valence-electron chi connectivity index (χ1n) is 11.4. The minimum atomic E-state index is -4.77. The first kappa shape index (κ1) is 28.2. The number of carbonyl (C=O) groups excluding carboxylic acids is 2. The van der Waals surface area contributed by atoms with Crippen LogP contribution in [0, 0.1) is 5.82 Å². The summed E-state index contributed by atoms with van der Waals surface area (Å²) in [6.45, 7) is 0.959. The molecule has 196 valence electrons. The number of likely N-dealkylation sites (N-methyl/N-ethyl adjacent to an activating group) is 1. The molecule has 1 unspecified atom stereocenters. The van der Waals surface area contributed by atoms with Crippen molar-refractivity contribution in [2.45, 2.75) is 50.4 Å². The van der Waals surface area contributed by atoms with E-state index in [2.05, 4.69) is 0 Å². The van der Waals surface area contributed by atoms with Crippen molar-refractivity contribution < 1.29 is 27.2 Å². The number of hydrogen-bond acceptors (Lipinski definition) is 3. The zero-order chi connectivity index (χ0) is 26.6. The monoisotopic (exact) mass is 547 g/mol. The van der Waals surface area contributed by atoms with Gasteiger partial charge in [0.25, 0.3) is 0 Å². The number of hydrogen-bond donors (Lipinski definition) is 1. The number of benzene rings is 2. The third kappa shape index (κ3) is 7.11. The molecular weight excluding hydrogens is 521 g/mol. The van der Waals surface area contributed by atoms with Gasteiger partial charge in [0, 0.05) is 44.4 Å². The Balaban J connectivity index is 1.78. The van der Waals surface area contributed by atoms with Crippen LogP contribution in [0.3, 0.4) is 0 Å². The Morgan fingerprint density at radius 2 is 1.75 bits per heavy atom. The highest BCUT2D eigenvalue weighted by molar-refractivity contribution is 6.42. The fourth-order valence-electron chi connectivity index (χ4n) is 4.53. The van der Waals surface area contributed by atoms with E-state index in [1.165, 1.54) is 6.07 Å². The third-order valence-electron chi connectivity index (χ3n) is 6.41. The predicted octanol–water partition coefficient (Wildman–Crippen LogP) is 5.62. The largest absolute Gasteiger partial charge is 0.419 e. The normalized spacial score (nSPS) is 18.2. The van der Waals surface area contributed by atoms with Crippen LogP contribution >= 0.6 is 23.2 Å². The number of nitrogens with zero attached hydrogens (tertiary/aromatic N) is 2. The lowest BCUT2D eigenvalue weighted by atomic mass is 9.93. The molecular formula is C25H27Cl2F4N3O2. The minimum absolute atomic E-state index is 0.0685. The van der Waals surface area contributed by atoms with Gasteiger partial charge in [0.1, 0.15) is 5.82 Å². The standard InChI is InChI=1S/C25H27Cl2F4N3O2/c1-33(12-15-6-8-18(21(28)10-15)25(29,30)31)22-14-34(24(36)5-3-2-4-23(32)35)13-17(22)16-7-9-19(26)20(27)11-16/h6-11,17,22H,2-5,12-14H2,1H3,(H2,32,35)/t17-,22?/m1/s1. The van der Waals surface area contributed by atoms with Gasteiger partial charge in [0.05, 0.1) is 15.6 Å². The van der Waals surface area contributed by atoms with Crippen LogP contribution in [-0.2, 0) is 22.3 Å². The molecule has 5 nitrogen and oxygen atoms in total. The summed E-state index contributed by atoms with van der Waals surface area (Å²) >= 11 is 12.3. The minimum Gasteiger partial charge on any atom is -0.370 e. The second-order valence-corrected chi connectivity index (χ2v) is 9.86. The maximum absolute atomic E-state index is 14.1. The maximum atomic E-state index is 14.1. The molecule has 2 N–H and O–H groups in total. The number of halogens is 6. The molecule has 11 heteroatoms. The third-order valence-corrected chi connectivity index (χ3v) is 7.15. The van der Waals surface area contributed by atoms with Gasteiger partial charge in [0.15, 0.2) is 0 Å². The van der Waals surface area contributed by atoms with E-state index in [0.29, 0.717) is 41.5 Å². The van der Waals surface area contributed by atoms with Crippen LogP contribution < -0.4 is 5.73 Å². The highest BCUT2D eigenvalue weighted by Gasteiger charge is 2.39. The van der Waals surface area contributed by atoms with Crippen LogP contribution in [-0.4, -0.2) is 47.8 Å². The van der Waals surface area contributed by atoms with Gasteiger partial charge in [-0.3, -0.25) is 14.5 Å². The summed E-state index contributed by atoms with van der Waals surface area (Å²) in [5.41, 5.74) is 5.09. The van der Waals surface area contributed by atoms with E-state index >= 15 is 0 Å². The Bertz CT molecular complexity index is 1110. The van der Waals surface area contributed by atoms with Gasteiger partial charge in [0.2, 0.25) is 11.8 Å². The average Bonchev–Trinajstić information content (AvgIpc) is 3.23. The topological polar surface area (TPSA) is 66.6 Å². The van der Waals surface area contributed by atoms with E-state index in [-0.39, 0.29) is 37.3 Å². The zero-order valence-corrected chi connectivity index (χ0v) is 21.1. The van der Waals surface area contributed by atoms with E-state index in [1.54, 1.807) is 24.1 Å². The van der Waals surface area contributed by atoms with Crippen molar-refractivity contribution in [1.82, 2.24) is 9.80 Å². The fourth-order valence-corrected chi connectivity index (χ4v) is 4.84. The molecule has 1 fully saturated rings. The molecule has 1 saturated heterocycles. The first-order chi connectivity index (χ1) is 16.9. The second-order valence-electron chi connectivity index (χ2n) is 9.05. The molecule has 2 atom stereocenters. The summed E-state index contributed by atoms with van der Waals surface area (Å²) < 4.78 is 52.9. The van der Waals surface area contributed by atoms with Gasteiger partial charge in [-0.2, -0.15) is 13.2 Å². The molecule has 2 aromatic carbocycles. The van der Waals surface area contributed by atoms with E-state index in [0.717, 1.165) is 17.7 Å². The van der Waals surface area contributed by atoms with E-state index < -0.39 is 23.5 Å². The van der Waals surface area contributed by atoms with E-state index in [1.807, 2.05) is 11.0 Å². The Kier molecular flexibility index (Phi) is 9.24. The SMILES string of the molecule is CN(Cc1ccc(C(F)(F)F)c(F)c1)C1CN(C(=O)CCCCC(N)=O)C[C@@H]1c1ccc(Cl)c(Cl)c1. The molecule has 0 radical (unpaired) electrons. The summed E-state index contributed by atoms with van der Waals surface area (Å²) in [6, 6.07) is 7.94. The molecule has 1 heterocycles. The van der Waals surface area contributed by atoms with Crippen molar-refractivity contribution in [2.24, 2.45) is 5.73 Å². The highest BCUT2D eigenvalue weighted by Crippen LogP contribution is 2.36. The van der Waals surface area contributed by atoms with Gasteiger partial charge in [-0.15, -0.1) is 0 Å². The maximum Gasteiger partial charge on any atom is 0.419 e. The zero-order valence-electron chi connectivity index (χ0n) is 19.6. The summed E-state index contributed by atoms with van der Waals surface area (Å²) in [5, 5.41) is 0.766. The van der Waals surface area contributed by atoms with Gasteiger partial charge >= 0.3 is 6.18 Å². The molecule has 1 aliphatic rings. The molecule has 1 aliphatic heterocycles. The number of unbranched alkanes of at least 4 members (excludes halogenated alkanes) is 1. The van der Waals surface area contributed by atoms with Crippen LogP contribution in [0.4, 0.5) is 17.6 Å². The number of rotatable bonds is 9. The molecule has 0 aromatic heterocycles. The quantitative estimate of drug-likeness (QED) is 0.327.